The van der Waals surface area contributed by atoms with Gasteiger partial charge in [0.2, 0.25) is 5.65 Å². The number of H-pyrrole nitrogens is 1. The highest BCUT2D eigenvalue weighted by atomic mass is 35.5. The van der Waals surface area contributed by atoms with Gasteiger partial charge in [-0.1, -0.05) is 11.6 Å². The van der Waals surface area contributed by atoms with Crippen molar-refractivity contribution >= 4 is 45.5 Å². The first-order chi connectivity index (χ1) is 14.9. The quantitative estimate of drug-likeness (QED) is 0.447. The molecule has 0 radical (unpaired) electrons. The molecule has 0 amide bonds. The van der Waals surface area contributed by atoms with Crippen molar-refractivity contribution in [3.05, 3.63) is 35.2 Å². The monoisotopic (exact) mass is 440 g/mol. The summed E-state index contributed by atoms with van der Waals surface area (Å²) in [5.74, 6) is 1.63. The molecule has 4 heterocycles. The van der Waals surface area contributed by atoms with Crippen LogP contribution in [-0.4, -0.2) is 56.8 Å². The molecule has 1 fully saturated rings. The van der Waals surface area contributed by atoms with Crippen LogP contribution in [0.2, 0.25) is 5.02 Å². The van der Waals surface area contributed by atoms with Crippen LogP contribution in [0.3, 0.4) is 0 Å². The number of aromatic nitrogens is 5. The molecule has 0 saturated carbocycles. The molecule has 9 nitrogen and oxygen atoms in total. The van der Waals surface area contributed by atoms with Crippen LogP contribution in [0.1, 0.15) is 19.5 Å². The normalized spacial score (nSPS) is 19.3. The number of hydrogen-bond donors (Lipinski definition) is 3. The number of nitrogens with zero attached hydrogens (tertiary/aromatic N) is 5. The minimum Gasteiger partial charge on any atom is -0.478 e. The summed E-state index contributed by atoms with van der Waals surface area (Å²) in [6.07, 6.45) is 3.77. The number of aromatic amines is 1. The Labute approximate surface area is 184 Å². The molecule has 1 aromatic carbocycles. The van der Waals surface area contributed by atoms with E-state index in [-0.39, 0.29) is 0 Å². The molecule has 3 N–H and O–H groups in total. The van der Waals surface area contributed by atoms with E-state index in [1.54, 1.807) is 7.11 Å². The summed E-state index contributed by atoms with van der Waals surface area (Å²) in [7, 11) is 1.58. The van der Waals surface area contributed by atoms with E-state index in [0.717, 1.165) is 35.4 Å². The maximum absolute atomic E-state index is 6.72. The topological polar surface area (TPSA) is 95.4 Å². The van der Waals surface area contributed by atoms with E-state index in [2.05, 4.69) is 55.6 Å². The van der Waals surface area contributed by atoms with Crippen molar-refractivity contribution in [1.29, 1.82) is 0 Å². The first-order valence-corrected chi connectivity index (χ1v) is 10.6. The fourth-order valence-corrected chi connectivity index (χ4v) is 4.62. The van der Waals surface area contributed by atoms with Crippen LogP contribution < -0.4 is 20.3 Å². The average Bonchev–Trinajstić information content (AvgIpc) is 3.29. The van der Waals surface area contributed by atoms with Crippen LogP contribution in [0.25, 0.3) is 16.6 Å². The average molecular weight is 441 g/mol. The molecule has 1 saturated heterocycles. The van der Waals surface area contributed by atoms with Gasteiger partial charge >= 0.3 is 0 Å². The number of halogens is 1. The fourth-order valence-electron chi connectivity index (χ4n) is 4.32. The Balaban J connectivity index is 1.50. The highest BCUT2D eigenvalue weighted by molar-refractivity contribution is 6.36. The van der Waals surface area contributed by atoms with Crippen molar-refractivity contribution in [3.63, 3.8) is 0 Å². The Morgan fingerprint density at radius 1 is 1.16 bits per heavy atom. The van der Waals surface area contributed by atoms with Crippen LogP contribution in [0.4, 0.5) is 17.3 Å². The fraction of sp³-hybridized carbons (Fsp3) is 0.381. The Hall–Kier alpha value is -3.04. The third-order valence-corrected chi connectivity index (χ3v) is 5.79. The molecule has 0 aliphatic carbocycles. The SMILES string of the molecule is COc1nc(Nc2n[nH]c3cc(N4C[C@@H](C)N[C@@H](C)C4)cc(Cl)c23)cn2cc(C)nc12. The molecular formula is C21H25ClN8O. The molecule has 1 aliphatic heterocycles. The first-order valence-electron chi connectivity index (χ1n) is 10.3. The van der Waals surface area contributed by atoms with Gasteiger partial charge in [-0.2, -0.15) is 10.1 Å². The van der Waals surface area contributed by atoms with Gasteiger partial charge in [0.25, 0.3) is 5.88 Å². The van der Waals surface area contributed by atoms with Crippen LogP contribution in [0.15, 0.2) is 24.5 Å². The Bertz CT molecular complexity index is 1260. The Kier molecular flexibility index (Phi) is 4.86. The molecule has 5 rings (SSSR count). The van der Waals surface area contributed by atoms with Gasteiger partial charge in [0.15, 0.2) is 11.6 Å². The lowest BCUT2D eigenvalue weighted by Crippen LogP contribution is -2.54. The number of fused-ring (bicyclic) bond motifs is 2. The molecule has 31 heavy (non-hydrogen) atoms. The lowest BCUT2D eigenvalue weighted by atomic mass is 10.1. The van der Waals surface area contributed by atoms with Crippen LogP contribution in [0, 0.1) is 6.92 Å². The minimum atomic E-state index is 0.417. The molecule has 162 valence electrons. The van der Waals surface area contributed by atoms with Crippen molar-refractivity contribution in [2.45, 2.75) is 32.9 Å². The Morgan fingerprint density at radius 3 is 2.68 bits per heavy atom. The molecule has 4 aromatic rings. The minimum absolute atomic E-state index is 0.417. The molecule has 0 bridgehead atoms. The number of piperazine rings is 1. The van der Waals surface area contributed by atoms with Crippen LogP contribution >= 0.6 is 11.6 Å². The summed E-state index contributed by atoms with van der Waals surface area (Å²) < 4.78 is 7.29. The van der Waals surface area contributed by atoms with Gasteiger partial charge in [0.05, 0.1) is 34.9 Å². The van der Waals surface area contributed by atoms with E-state index in [0.29, 0.717) is 40.3 Å². The van der Waals surface area contributed by atoms with Crippen molar-refractivity contribution in [2.24, 2.45) is 0 Å². The smallest absolute Gasteiger partial charge is 0.260 e. The Morgan fingerprint density at radius 2 is 1.94 bits per heavy atom. The molecular weight excluding hydrogens is 416 g/mol. The van der Waals surface area contributed by atoms with Gasteiger partial charge in [-0.15, -0.1) is 0 Å². The van der Waals surface area contributed by atoms with Crippen LogP contribution in [0.5, 0.6) is 5.88 Å². The summed E-state index contributed by atoms with van der Waals surface area (Å²) in [6.45, 7) is 8.18. The number of methoxy groups -OCH3 is 1. The van der Waals surface area contributed by atoms with Gasteiger partial charge in [-0.3, -0.25) is 9.50 Å². The summed E-state index contributed by atoms with van der Waals surface area (Å²) in [6, 6.07) is 4.94. The van der Waals surface area contributed by atoms with Gasteiger partial charge in [-0.25, -0.2) is 4.98 Å². The highest BCUT2D eigenvalue weighted by Gasteiger charge is 2.23. The number of hydrogen-bond acceptors (Lipinski definition) is 7. The van der Waals surface area contributed by atoms with E-state index >= 15 is 0 Å². The van der Waals surface area contributed by atoms with E-state index in [1.807, 2.05) is 29.8 Å². The zero-order valence-electron chi connectivity index (χ0n) is 17.9. The summed E-state index contributed by atoms with van der Waals surface area (Å²) in [5.41, 5.74) is 3.51. The van der Waals surface area contributed by atoms with Crippen molar-refractivity contribution in [2.75, 3.05) is 30.4 Å². The predicted octanol–water partition coefficient (Wildman–Crippen LogP) is 3.51. The van der Waals surface area contributed by atoms with E-state index in [9.17, 15) is 0 Å². The summed E-state index contributed by atoms with van der Waals surface area (Å²) >= 11 is 6.72. The van der Waals surface area contributed by atoms with Crippen molar-refractivity contribution in [3.8, 4) is 5.88 Å². The highest BCUT2D eigenvalue weighted by Crippen LogP contribution is 2.35. The zero-order chi connectivity index (χ0) is 21.7. The molecule has 0 spiro atoms. The van der Waals surface area contributed by atoms with Crippen LogP contribution in [-0.2, 0) is 0 Å². The van der Waals surface area contributed by atoms with Gasteiger partial charge in [-0.05, 0) is 32.9 Å². The second kappa shape index (κ2) is 7.58. The molecule has 2 atom stereocenters. The van der Waals surface area contributed by atoms with E-state index in [1.165, 1.54) is 0 Å². The zero-order valence-corrected chi connectivity index (χ0v) is 18.7. The van der Waals surface area contributed by atoms with Crippen molar-refractivity contribution < 1.29 is 4.74 Å². The van der Waals surface area contributed by atoms with Gasteiger partial charge < -0.3 is 20.3 Å². The lowest BCUT2D eigenvalue weighted by molar-refractivity contribution is 0.400. The number of imidazole rings is 1. The van der Waals surface area contributed by atoms with Gasteiger partial charge in [0, 0.05) is 37.1 Å². The second-order valence-corrected chi connectivity index (χ2v) is 8.58. The standard InChI is InChI=1S/C21H25ClN8O/c1-11-7-29(8-12(2)23-11)14-5-15(22)18-16(6-14)27-28-19(18)25-17-10-30-9-13(3)24-20(30)21(26-17)31-4/h5-6,9-12,23H,7-8H2,1-4H3,(H2,25,27,28)/t11-,12+. The third kappa shape index (κ3) is 3.64. The molecule has 0 unspecified atom stereocenters. The van der Waals surface area contributed by atoms with E-state index < -0.39 is 0 Å². The summed E-state index contributed by atoms with van der Waals surface area (Å²) in [5, 5.41) is 15.8. The second-order valence-electron chi connectivity index (χ2n) is 8.17. The lowest BCUT2D eigenvalue weighted by Gasteiger charge is -2.37. The maximum Gasteiger partial charge on any atom is 0.260 e. The van der Waals surface area contributed by atoms with Gasteiger partial charge in [0.1, 0.15) is 0 Å². The predicted molar refractivity (Wildman–Crippen MR) is 123 cm³/mol. The van der Waals surface area contributed by atoms with E-state index in [4.69, 9.17) is 16.3 Å². The number of aryl methyl sites for hydroxylation is 1. The largest absolute Gasteiger partial charge is 0.478 e. The number of benzene rings is 1. The number of ether oxygens (including phenoxy) is 1. The first kappa shape index (κ1) is 19.9. The number of nitrogens with one attached hydrogen (secondary N) is 3. The number of rotatable bonds is 4. The molecule has 1 aliphatic rings. The third-order valence-electron chi connectivity index (χ3n) is 5.49. The molecule has 10 heteroatoms. The summed E-state index contributed by atoms with van der Waals surface area (Å²) in [4.78, 5) is 11.3. The maximum atomic E-state index is 6.72. The van der Waals surface area contributed by atoms with Crippen molar-refractivity contribution in [1.82, 2.24) is 29.9 Å². The molecule has 3 aromatic heterocycles. The number of anilines is 3.